The first kappa shape index (κ1) is 14.3. The largest absolute Gasteiger partial charge is 0.463 e. The zero-order valence-electron chi connectivity index (χ0n) is 12.0. The third kappa shape index (κ3) is 4.24. The van der Waals surface area contributed by atoms with Gasteiger partial charge >= 0.3 is 0 Å². The second-order valence-electron chi connectivity index (χ2n) is 5.09. The highest BCUT2D eigenvalue weighted by Crippen LogP contribution is 2.05. The first-order valence-corrected chi connectivity index (χ1v) is 6.80. The van der Waals surface area contributed by atoms with Crippen molar-refractivity contribution in [2.45, 2.75) is 20.0 Å². The molecule has 1 heterocycles. The van der Waals surface area contributed by atoms with Crippen LogP contribution in [0, 0.1) is 6.92 Å². The summed E-state index contributed by atoms with van der Waals surface area (Å²) < 4.78 is 5.28. The lowest BCUT2D eigenvalue weighted by atomic mass is 10.1. The van der Waals surface area contributed by atoms with Crippen molar-refractivity contribution < 1.29 is 14.1 Å². The van der Waals surface area contributed by atoms with Gasteiger partial charge in [0.25, 0.3) is 5.91 Å². The minimum atomic E-state index is 0.0531. The van der Waals surface area contributed by atoms with E-state index in [0.717, 1.165) is 16.2 Å². The molecule has 1 unspecified atom stereocenters. The van der Waals surface area contributed by atoms with Crippen molar-refractivity contribution in [3.05, 3.63) is 59.5 Å². The van der Waals surface area contributed by atoms with Gasteiger partial charge in [-0.3, -0.25) is 4.79 Å². The number of likely N-dealkylation sites (N-methyl/N-ethyl adjacent to an activating group) is 1. The molecule has 1 aromatic carbocycles. The minimum absolute atomic E-state index is 0.0531. The van der Waals surface area contributed by atoms with Crippen molar-refractivity contribution in [3.63, 3.8) is 0 Å². The van der Waals surface area contributed by atoms with Crippen LogP contribution >= 0.6 is 0 Å². The first-order chi connectivity index (χ1) is 9.65. The maximum atomic E-state index is 11.9. The number of hydrogen-bond donors (Lipinski definition) is 2. The number of furan rings is 1. The Hall–Kier alpha value is -2.07. The number of carbonyl (C=O) groups is 1. The van der Waals surface area contributed by atoms with Crippen LogP contribution in [0.3, 0.4) is 0 Å². The van der Waals surface area contributed by atoms with Crippen molar-refractivity contribution in [2.24, 2.45) is 0 Å². The van der Waals surface area contributed by atoms with Gasteiger partial charge in [-0.15, -0.1) is 0 Å². The molecule has 0 spiro atoms. The standard InChI is InChI=1S/C16H20N2O2/c1-13-6-3-4-7-14(13)10-17-16(19)12-18(2)11-15-8-5-9-20-15/h3-9H,10-12H2,1-2H3,(H,17,19)/p+1. The molecule has 106 valence electrons. The van der Waals surface area contributed by atoms with Gasteiger partial charge in [-0.05, 0) is 30.2 Å². The summed E-state index contributed by atoms with van der Waals surface area (Å²) in [5, 5.41) is 2.96. The van der Waals surface area contributed by atoms with Gasteiger partial charge in [0.15, 0.2) is 12.3 Å². The Morgan fingerprint density at radius 2 is 2.05 bits per heavy atom. The van der Waals surface area contributed by atoms with E-state index in [1.165, 1.54) is 5.56 Å². The maximum Gasteiger partial charge on any atom is 0.275 e. The van der Waals surface area contributed by atoms with Gasteiger partial charge in [0.1, 0.15) is 6.54 Å². The van der Waals surface area contributed by atoms with Crippen LogP contribution in [0.1, 0.15) is 16.9 Å². The average molecular weight is 273 g/mol. The third-order valence-electron chi connectivity index (χ3n) is 3.26. The Morgan fingerprint density at radius 3 is 2.75 bits per heavy atom. The normalized spacial score (nSPS) is 12.1. The van der Waals surface area contributed by atoms with Crippen LogP contribution in [0.15, 0.2) is 47.1 Å². The lowest BCUT2D eigenvalue weighted by Gasteiger charge is -2.13. The van der Waals surface area contributed by atoms with E-state index in [2.05, 4.69) is 18.3 Å². The van der Waals surface area contributed by atoms with Gasteiger partial charge in [0.05, 0.1) is 13.3 Å². The van der Waals surface area contributed by atoms with Crippen LogP contribution in [0.4, 0.5) is 0 Å². The highest BCUT2D eigenvalue weighted by Gasteiger charge is 2.11. The van der Waals surface area contributed by atoms with Crippen molar-refractivity contribution in [3.8, 4) is 0 Å². The number of benzene rings is 1. The van der Waals surface area contributed by atoms with Crippen LogP contribution < -0.4 is 10.2 Å². The molecule has 2 rings (SSSR count). The fraction of sp³-hybridized carbons (Fsp3) is 0.312. The Bertz CT molecular complexity index is 549. The smallest absolute Gasteiger partial charge is 0.275 e. The number of aryl methyl sites for hydroxylation is 1. The molecule has 0 bridgehead atoms. The van der Waals surface area contributed by atoms with E-state index in [1.807, 2.05) is 37.4 Å². The summed E-state index contributed by atoms with van der Waals surface area (Å²) in [6, 6.07) is 11.9. The van der Waals surface area contributed by atoms with E-state index >= 15 is 0 Å². The predicted octanol–water partition coefficient (Wildman–Crippen LogP) is 0.919. The lowest BCUT2D eigenvalue weighted by Crippen LogP contribution is -3.08. The van der Waals surface area contributed by atoms with E-state index in [0.29, 0.717) is 19.6 Å². The second-order valence-corrected chi connectivity index (χ2v) is 5.09. The van der Waals surface area contributed by atoms with Crippen LogP contribution in [-0.2, 0) is 17.9 Å². The van der Waals surface area contributed by atoms with Crippen LogP contribution in [0.25, 0.3) is 0 Å². The topological polar surface area (TPSA) is 46.7 Å². The van der Waals surface area contributed by atoms with Crippen LogP contribution in [0.2, 0.25) is 0 Å². The van der Waals surface area contributed by atoms with Crippen molar-refractivity contribution in [1.82, 2.24) is 5.32 Å². The number of quaternary nitrogens is 1. The van der Waals surface area contributed by atoms with E-state index < -0.39 is 0 Å². The van der Waals surface area contributed by atoms with E-state index in [9.17, 15) is 4.79 Å². The van der Waals surface area contributed by atoms with Crippen molar-refractivity contribution >= 4 is 5.91 Å². The highest BCUT2D eigenvalue weighted by molar-refractivity contribution is 5.76. The Kier molecular flexibility index (Phi) is 4.96. The predicted molar refractivity (Wildman–Crippen MR) is 77.2 cm³/mol. The summed E-state index contributed by atoms with van der Waals surface area (Å²) in [6.45, 7) is 3.78. The summed E-state index contributed by atoms with van der Waals surface area (Å²) >= 11 is 0. The van der Waals surface area contributed by atoms with Crippen molar-refractivity contribution in [1.29, 1.82) is 0 Å². The summed E-state index contributed by atoms with van der Waals surface area (Å²) in [7, 11) is 1.98. The summed E-state index contributed by atoms with van der Waals surface area (Å²) in [4.78, 5) is 13.0. The Labute approximate surface area is 119 Å². The van der Waals surface area contributed by atoms with Gasteiger partial charge in [-0.2, -0.15) is 0 Å². The molecule has 0 aliphatic heterocycles. The van der Waals surface area contributed by atoms with Crippen molar-refractivity contribution in [2.75, 3.05) is 13.6 Å². The molecule has 1 aromatic heterocycles. The van der Waals surface area contributed by atoms with Gasteiger partial charge in [0.2, 0.25) is 0 Å². The molecule has 2 N–H and O–H groups in total. The molecule has 0 saturated heterocycles. The molecule has 4 nitrogen and oxygen atoms in total. The fourth-order valence-corrected chi connectivity index (χ4v) is 2.11. The highest BCUT2D eigenvalue weighted by atomic mass is 16.3. The quantitative estimate of drug-likeness (QED) is 0.822. The molecule has 4 heteroatoms. The molecular formula is C16H21N2O2+. The van der Waals surface area contributed by atoms with Crippen LogP contribution in [-0.4, -0.2) is 19.5 Å². The van der Waals surface area contributed by atoms with Gasteiger partial charge in [0, 0.05) is 6.54 Å². The monoisotopic (exact) mass is 273 g/mol. The number of hydrogen-bond acceptors (Lipinski definition) is 2. The molecule has 0 radical (unpaired) electrons. The first-order valence-electron chi connectivity index (χ1n) is 6.80. The fourth-order valence-electron chi connectivity index (χ4n) is 2.11. The minimum Gasteiger partial charge on any atom is -0.463 e. The van der Waals surface area contributed by atoms with E-state index in [1.54, 1.807) is 6.26 Å². The Morgan fingerprint density at radius 1 is 1.25 bits per heavy atom. The SMILES string of the molecule is Cc1ccccc1CNC(=O)C[NH+](C)Cc1ccco1. The zero-order valence-corrected chi connectivity index (χ0v) is 12.0. The van der Waals surface area contributed by atoms with Gasteiger partial charge < -0.3 is 14.6 Å². The number of carbonyl (C=O) groups excluding carboxylic acids is 1. The molecule has 2 aromatic rings. The molecule has 0 aliphatic rings. The van der Waals surface area contributed by atoms with E-state index in [-0.39, 0.29) is 5.91 Å². The molecule has 1 atom stereocenters. The van der Waals surface area contributed by atoms with Gasteiger partial charge in [-0.25, -0.2) is 0 Å². The Balaban J connectivity index is 1.76. The molecule has 0 aliphatic carbocycles. The summed E-state index contributed by atoms with van der Waals surface area (Å²) in [5.74, 6) is 0.950. The summed E-state index contributed by atoms with van der Waals surface area (Å²) in [6.07, 6.45) is 1.65. The molecule has 0 fully saturated rings. The maximum absolute atomic E-state index is 11.9. The van der Waals surface area contributed by atoms with Gasteiger partial charge in [-0.1, -0.05) is 24.3 Å². The molecular weight excluding hydrogens is 252 g/mol. The number of rotatable bonds is 6. The summed E-state index contributed by atoms with van der Waals surface area (Å²) in [5.41, 5.74) is 2.36. The second kappa shape index (κ2) is 6.91. The molecule has 0 saturated carbocycles. The van der Waals surface area contributed by atoms with Crippen LogP contribution in [0.5, 0.6) is 0 Å². The number of nitrogens with one attached hydrogen (secondary N) is 2. The average Bonchev–Trinajstić information content (AvgIpc) is 2.90. The van der Waals surface area contributed by atoms with E-state index in [4.69, 9.17) is 4.42 Å². The lowest BCUT2D eigenvalue weighted by molar-refractivity contribution is -0.886. The molecule has 1 amide bonds. The number of amides is 1. The third-order valence-corrected chi connectivity index (χ3v) is 3.26. The molecule has 20 heavy (non-hydrogen) atoms. The zero-order chi connectivity index (χ0) is 14.4.